The summed E-state index contributed by atoms with van der Waals surface area (Å²) in [6.07, 6.45) is 6.11. The maximum Gasteiger partial charge on any atom is 0.387 e. The Morgan fingerprint density at radius 1 is 1.22 bits per heavy atom. The molecule has 4 heterocycles. The quantitative estimate of drug-likeness (QED) is 0.705. The summed E-state index contributed by atoms with van der Waals surface area (Å²) in [5, 5.41) is 4.10. The van der Waals surface area contributed by atoms with Gasteiger partial charge in [-0.05, 0) is 24.6 Å². The number of rotatable bonds is 4. The van der Waals surface area contributed by atoms with Crippen LogP contribution in [0.3, 0.4) is 0 Å². The molecule has 0 bridgehead atoms. The number of nitrogens with zero attached hydrogens (tertiary/aromatic N) is 5. The molecule has 0 aliphatic carbocycles. The fourth-order valence-corrected chi connectivity index (χ4v) is 3.13. The number of aryl methyl sites for hydroxylation is 2. The molecular weight excluding hydrogens is 356 g/mol. The highest BCUT2D eigenvalue weighted by Gasteiger charge is 2.32. The number of alkyl halides is 2. The first-order chi connectivity index (χ1) is 12.9. The van der Waals surface area contributed by atoms with Crippen molar-refractivity contribution in [1.29, 1.82) is 0 Å². The molecule has 7 nitrogen and oxygen atoms in total. The molecule has 0 N–H and O–H groups in total. The van der Waals surface area contributed by atoms with Gasteiger partial charge in [0.15, 0.2) is 0 Å². The number of aromatic nitrogens is 4. The number of fused-ring (bicyclic) bond motifs is 1. The van der Waals surface area contributed by atoms with Gasteiger partial charge in [0.25, 0.3) is 5.91 Å². The molecule has 0 atom stereocenters. The van der Waals surface area contributed by atoms with Gasteiger partial charge in [0, 0.05) is 25.0 Å². The van der Waals surface area contributed by atoms with Crippen molar-refractivity contribution < 1.29 is 18.3 Å². The summed E-state index contributed by atoms with van der Waals surface area (Å²) in [5.74, 6) is -0.182. The highest BCUT2D eigenvalue weighted by atomic mass is 19.3. The Balaban J connectivity index is 1.70. The molecule has 0 unspecified atom stereocenters. The van der Waals surface area contributed by atoms with Crippen LogP contribution in [0.2, 0.25) is 0 Å². The van der Waals surface area contributed by atoms with Crippen LogP contribution in [-0.4, -0.2) is 32.3 Å². The van der Waals surface area contributed by atoms with Crippen molar-refractivity contribution in [3.63, 3.8) is 0 Å². The topological polar surface area (TPSA) is 73.1 Å². The number of halogens is 2. The molecule has 1 amide bonds. The van der Waals surface area contributed by atoms with Gasteiger partial charge < -0.3 is 4.74 Å². The van der Waals surface area contributed by atoms with E-state index in [4.69, 9.17) is 0 Å². The van der Waals surface area contributed by atoms with Crippen LogP contribution in [0.5, 0.6) is 5.75 Å². The molecule has 138 valence electrons. The van der Waals surface area contributed by atoms with Crippen molar-refractivity contribution in [2.45, 2.75) is 20.1 Å². The zero-order valence-corrected chi connectivity index (χ0v) is 14.6. The predicted octanol–water partition coefficient (Wildman–Crippen LogP) is 2.95. The number of carbonyl (C=O) groups excluding carboxylic acids is 1. The Labute approximate surface area is 153 Å². The van der Waals surface area contributed by atoms with Crippen LogP contribution in [0.4, 0.5) is 14.5 Å². The zero-order valence-electron chi connectivity index (χ0n) is 14.6. The second kappa shape index (κ2) is 6.42. The SMILES string of the molecule is Cc1cc(-c2cncc(OC(F)F)c2)nc2c1C(=O)N(c1cnn(C)c1)C2. The fourth-order valence-electron chi connectivity index (χ4n) is 3.13. The van der Waals surface area contributed by atoms with E-state index in [1.54, 1.807) is 35.1 Å². The second-order valence-electron chi connectivity index (χ2n) is 6.20. The Morgan fingerprint density at radius 3 is 2.74 bits per heavy atom. The van der Waals surface area contributed by atoms with Crippen LogP contribution in [0.15, 0.2) is 36.9 Å². The molecule has 3 aromatic rings. The van der Waals surface area contributed by atoms with Crippen molar-refractivity contribution in [2.75, 3.05) is 4.90 Å². The summed E-state index contributed by atoms with van der Waals surface area (Å²) in [7, 11) is 1.78. The van der Waals surface area contributed by atoms with Crippen LogP contribution in [0.1, 0.15) is 21.6 Å². The van der Waals surface area contributed by atoms with Gasteiger partial charge in [0.2, 0.25) is 0 Å². The summed E-state index contributed by atoms with van der Waals surface area (Å²) in [5.41, 5.74) is 3.70. The highest BCUT2D eigenvalue weighted by Crippen LogP contribution is 2.32. The fraction of sp³-hybridized carbons (Fsp3) is 0.222. The van der Waals surface area contributed by atoms with Gasteiger partial charge in [-0.25, -0.2) is 0 Å². The molecule has 0 aromatic carbocycles. The van der Waals surface area contributed by atoms with Gasteiger partial charge in [0.1, 0.15) is 5.75 Å². The van der Waals surface area contributed by atoms with Crippen molar-refractivity contribution in [2.24, 2.45) is 7.05 Å². The number of hydrogen-bond acceptors (Lipinski definition) is 5. The third kappa shape index (κ3) is 3.12. The molecule has 0 saturated carbocycles. The Hall–Kier alpha value is -3.36. The molecular formula is C18H15F2N5O2. The molecule has 0 radical (unpaired) electrons. The summed E-state index contributed by atoms with van der Waals surface area (Å²) in [6, 6.07) is 3.19. The van der Waals surface area contributed by atoms with E-state index in [-0.39, 0.29) is 11.7 Å². The predicted molar refractivity (Wildman–Crippen MR) is 92.6 cm³/mol. The van der Waals surface area contributed by atoms with Crippen LogP contribution in [-0.2, 0) is 13.6 Å². The number of carbonyl (C=O) groups is 1. The van der Waals surface area contributed by atoms with Crippen LogP contribution >= 0.6 is 0 Å². The van der Waals surface area contributed by atoms with E-state index in [9.17, 15) is 13.6 Å². The second-order valence-corrected chi connectivity index (χ2v) is 6.20. The van der Waals surface area contributed by atoms with E-state index < -0.39 is 6.61 Å². The smallest absolute Gasteiger partial charge is 0.387 e. The molecule has 0 fully saturated rings. The molecule has 0 spiro atoms. The normalized spacial score (nSPS) is 13.4. The molecule has 4 rings (SSSR count). The lowest BCUT2D eigenvalue weighted by atomic mass is 10.1. The Morgan fingerprint density at radius 2 is 2.04 bits per heavy atom. The van der Waals surface area contributed by atoms with E-state index in [1.165, 1.54) is 18.5 Å². The number of anilines is 1. The lowest BCUT2D eigenvalue weighted by molar-refractivity contribution is -0.0500. The number of amides is 1. The van der Waals surface area contributed by atoms with Crippen LogP contribution < -0.4 is 9.64 Å². The first-order valence-corrected chi connectivity index (χ1v) is 8.13. The molecule has 9 heteroatoms. The largest absolute Gasteiger partial charge is 0.433 e. The van der Waals surface area contributed by atoms with E-state index in [1.807, 2.05) is 6.92 Å². The zero-order chi connectivity index (χ0) is 19.1. The summed E-state index contributed by atoms with van der Waals surface area (Å²) in [6.45, 7) is -0.793. The minimum Gasteiger partial charge on any atom is -0.433 e. The third-order valence-electron chi connectivity index (χ3n) is 4.30. The van der Waals surface area contributed by atoms with Crippen molar-refractivity contribution in [3.8, 4) is 17.0 Å². The van der Waals surface area contributed by atoms with Gasteiger partial charge in [-0.15, -0.1) is 0 Å². The van der Waals surface area contributed by atoms with E-state index in [2.05, 4.69) is 19.8 Å². The summed E-state index contributed by atoms with van der Waals surface area (Å²) in [4.78, 5) is 22.9. The van der Waals surface area contributed by atoms with Crippen molar-refractivity contribution in [1.82, 2.24) is 19.7 Å². The third-order valence-corrected chi connectivity index (χ3v) is 4.30. The minimum atomic E-state index is -2.93. The number of pyridine rings is 2. The average Bonchev–Trinajstić information content (AvgIpc) is 3.18. The van der Waals surface area contributed by atoms with Gasteiger partial charge in [0.05, 0.1) is 41.6 Å². The van der Waals surface area contributed by atoms with E-state index in [0.29, 0.717) is 34.7 Å². The van der Waals surface area contributed by atoms with Crippen molar-refractivity contribution >= 4 is 11.6 Å². The molecule has 1 aliphatic rings. The van der Waals surface area contributed by atoms with Gasteiger partial charge in [-0.3, -0.25) is 24.3 Å². The standard InChI is InChI=1S/C18H15F2N5O2/c1-10-3-14(11-4-13(7-21-5-11)27-18(19)20)23-15-9-25(17(26)16(10)15)12-6-22-24(2)8-12/h3-8,18H,9H2,1-2H3. The minimum absolute atomic E-state index is 0.0458. The lowest BCUT2D eigenvalue weighted by Gasteiger charge is -2.11. The van der Waals surface area contributed by atoms with Crippen LogP contribution in [0, 0.1) is 6.92 Å². The molecule has 3 aromatic heterocycles. The Bertz CT molecular complexity index is 1030. The average molecular weight is 371 g/mol. The maximum absolute atomic E-state index is 12.8. The first kappa shape index (κ1) is 17.1. The van der Waals surface area contributed by atoms with Crippen LogP contribution in [0.25, 0.3) is 11.3 Å². The molecule has 1 aliphatic heterocycles. The van der Waals surface area contributed by atoms with E-state index in [0.717, 1.165) is 5.56 Å². The van der Waals surface area contributed by atoms with Gasteiger partial charge >= 0.3 is 6.61 Å². The first-order valence-electron chi connectivity index (χ1n) is 8.13. The van der Waals surface area contributed by atoms with Gasteiger partial charge in [-0.1, -0.05) is 0 Å². The molecule has 27 heavy (non-hydrogen) atoms. The van der Waals surface area contributed by atoms with E-state index >= 15 is 0 Å². The number of hydrogen-bond donors (Lipinski definition) is 0. The summed E-state index contributed by atoms with van der Waals surface area (Å²) >= 11 is 0. The summed E-state index contributed by atoms with van der Waals surface area (Å²) < 4.78 is 30.9. The highest BCUT2D eigenvalue weighted by molar-refractivity contribution is 6.10. The van der Waals surface area contributed by atoms with Gasteiger partial charge in [-0.2, -0.15) is 13.9 Å². The van der Waals surface area contributed by atoms with Crippen molar-refractivity contribution in [3.05, 3.63) is 53.7 Å². The lowest BCUT2D eigenvalue weighted by Crippen LogP contribution is -2.22. The molecule has 0 saturated heterocycles. The maximum atomic E-state index is 12.8. The monoisotopic (exact) mass is 371 g/mol. The Kier molecular flexibility index (Phi) is 4.06. The number of ether oxygens (including phenoxy) is 1.